The topological polar surface area (TPSA) is 72.8 Å². The van der Waals surface area contributed by atoms with Crippen LogP contribution in [0.25, 0.3) is 0 Å². The molecular formula is C13H16O5. The Morgan fingerprint density at radius 3 is 3.00 bits per heavy atom. The first-order valence-corrected chi connectivity index (χ1v) is 6.11. The minimum Gasteiger partial charge on any atom is -0.512 e. The molecule has 1 aliphatic carbocycles. The van der Waals surface area contributed by atoms with Gasteiger partial charge in [0.05, 0.1) is 12.2 Å². The molecule has 0 unspecified atom stereocenters. The summed E-state index contributed by atoms with van der Waals surface area (Å²) in [5, 5.41) is 9.88. The fraction of sp³-hybridized carbons (Fsp3) is 0.538. The number of allylic oxidation sites excluding steroid dienone is 1. The van der Waals surface area contributed by atoms with Gasteiger partial charge in [-0.05, 0) is 25.8 Å². The van der Waals surface area contributed by atoms with Gasteiger partial charge in [0.1, 0.15) is 11.9 Å². The minimum atomic E-state index is -0.518. The van der Waals surface area contributed by atoms with Crippen LogP contribution in [0.3, 0.4) is 0 Å². The molecule has 0 spiro atoms. The summed E-state index contributed by atoms with van der Waals surface area (Å²) in [6.07, 6.45) is 4.43. The number of cyclic esters (lactones) is 1. The quantitative estimate of drug-likeness (QED) is 0.773. The largest absolute Gasteiger partial charge is 0.512 e. The average molecular weight is 252 g/mol. The third kappa shape index (κ3) is 2.39. The van der Waals surface area contributed by atoms with Crippen LogP contribution >= 0.6 is 0 Å². The second-order valence-corrected chi connectivity index (χ2v) is 4.34. The highest BCUT2D eigenvalue weighted by Gasteiger charge is 2.37. The molecule has 18 heavy (non-hydrogen) atoms. The zero-order valence-corrected chi connectivity index (χ0v) is 10.2. The number of aliphatic hydroxyl groups excluding tert-OH is 1. The van der Waals surface area contributed by atoms with Gasteiger partial charge in [0.25, 0.3) is 0 Å². The molecule has 5 heteroatoms. The normalized spacial score (nSPS) is 27.3. The van der Waals surface area contributed by atoms with Crippen LogP contribution in [0.1, 0.15) is 26.2 Å². The van der Waals surface area contributed by atoms with Crippen molar-refractivity contribution in [2.75, 3.05) is 6.61 Å². The summed E-state index contributed by atoms with van der Waals surface area (Å²) in [7, 11) is 0. The smallest absolute Gasteiger partial charge is 0.337 e. The van der Waals surface area contributed by atoms with Crippen LogP contribution in [0, 0.1) is 5.92 Å². The average Bonchev–Trinajstić information content (AvgIpc) is 2.75. The highest BCUT2D eigenvalue weighted by molar-refractivity contribution is 5.90. The first kappa shape index (κ1) is 12.7. The number of carbonyl (C=O) groups excluding carboxylic acids is 2. The lowest BCUT2D eigenvalue weighted by Crippen LogP contribution is -2.30. The minimum absolute atomic E-state index is 0.0565. The van der Waals surface area contributed by atoms with Crippen LogP contribution in [-0.2, 0) is 19.1 Å². The Hall–Kier alpha value is -1.78. The predicted octanol–water partition coefficient (Wildman–Crippen LogP) is 1.64. The highest BCUT2D eigenvalue weighted by atomic mass is 16.5. The maximum atomic E-state index is 11.9. The Balaban J connectivity index is 2.22. The molecule has 0 aromatic carbocycles. The van der Waals surface area contributed by atoms with Gasteiger partial charge in [-0.25, -0.2) is 9.59 Å². The molecule has 0 fully saturated rings. The van der Waals surface area contributed by atoms with E-state index in [1.807, 2.05) is 0 Å². The maximum absolute atomic E-state index is 11.9. The molecule has 1 heterocycles. The third-order valence-corrected chi connectivity index (χ3v) is 3.18. The number of hydrogen-bond donors (Lipinski definition) is 1. The van der Waals surface area contributed by atoms with Crippen LogP contribution < -0.4 is 0 Å². The summed E-state index contributed by atoms with van der Waals surface area (Å²) >= 11 is 0. The first-order chi connectivity index (χ1) is 8.63. The van der Waals surface area contributed by atoms with Crippen molar-refractivity contribution in [1.82, 2.24) is 0 Å². The van der Waals surface area contributed by atoms with E-state index in [2.05, 4.69) is 0 Å². The van der Waals surface area contributed by atoms with Crippen molar-refractivity contribution in [2.45, 2.75) is 32.3 Å². The van der Waals surface area contributed by atoms with E-state index in [1.165, 1.54) is 6.08 Å². The molecular weight excluding hydrogens is 236 g/mol. The monoisotopic (exact) mass is 252 g/mol. The van der Waals surface area contributed by atoms with Gasteiger partial charge in [-0.15, -0.1) is 0 Å². The first-order valence-electron chi connectivity index (χ1n) is 6.11. The standard InChI is InChI=1S/C13H16O5/c1-2-17-13(16)12-8(4-3-5-9(12)14)10-6-7-11(15)18-10/h6-8,10,14H,2-5H2,1H3/t8-,10-/m1/s1. The highest BCUT2D eigenvalue weighted by Crippen LogP contribution is 2.35. The van der Waals surface area contributed by atoms with Crippen molar-refractivity contribution >= 4 is 11.9 Å². The van der Waals surface area contributed by atoms with Crippen molar-refractivity contribution in [3.8, 4) is 0 Å². The summed E-state index contributed by atoms with van der Waals surface area (Å²) in [6, 6.07) is 0. The lowest BCUT2D eigenvalue weighted by atomic mass is 9.82. The Kier molecular flexibility index (Phi) is 3.69. The van der Waals surface area contributed by atoms with Crippen molar-refractivity contribution in [2.24, 2.45) is 5.92 Å². The molecule has 5 nitrogen and oxygen atoms in total. The van der Waals surface area contributed by atoms with E-state index >= 15 is 0 Å². The molecule has 0 bridgehead atoms. The van der Waals surface area contributed by atoms with E-state index in [0.29, 0.717) is 12.8 Å². The molecule has 0 aromatic rings. The van der Waals surface area contributed by atoms with E-state index in [-0.39, 0.29) is 23.9 Å². The Labute approximate surface area is 105 Å². The van der Waals surface area contributed by atoms with E-state index in [0.717, 1.165) is 6.42 Å². The van der Waals surface area contributed by atoms with Crippen molar-refractivity contribution in [1.29, 1.82) is 0 Å². The van der Waals surface area contributed by atoms with Gasteiger partial charge in [-0.3, -0.25) is 0 Å². The van der Waals surface area contributed by atoms with Crippen LogP contribution in [0.2, 0.25) is 0 Å². The number of esters is 2. The molecule has 1 N–H and O–H groups in total. The maximum Gasteiger partial charge on any atom is 0.337 e. The van der Waals surface area contributed by atoms with E-state index in [4.69, 9.17) is 9.47 Å². The zero-order chi connectivity index (χ0) is 13.1. The summed E-state index contributed by atoms with van der Waals surface area (Å²) in [5.74, 6) is -1.18. The predicted molar refractivity (Wildman–Crippen MR) is 62.6 cm³/mol. The number of aliphatic hydroxyl groups is 1. The van der Waals surface area contributed by atoms with Crippen LogP contribution in [0.5, 0.6) is 0 Å². The van der Waals surface area contributed by atoms with Gasteiger partial charge in [-0.2, -0.15) is 0 Å². The fourth-order valence-corrected chi connectivity index (χ4v) is 2.39. The van der Waals surface area contributed by atoms with Crippen molar-refractivity contribution < 1.29 is 24.2 Å². The Morgan fingerprint density at radius 2 is 2.39 bits per heavy atom. The van der Waals surface area contributed by atoms with Crippen molar-refractivity contribution in [3.63, 3.8) is 0 Å². The number of ether oxygens (including phenoxy) is 2. The summed E-state index contributed by atoms with van der Waals surface area (Å²) in [5.41, 5.74) is 0.257. The molecule has 98 valence electrons. The van der Waals surface area contributed by atoms with Crippen LogP contribution in [-0.4, -0.2) is 29.8 Å². The van der Waals surface area contributed by atoms with E-state index in [1.54, 1.807) is 13.0 Å². The molecule has 2 atom stereocenters. The zero-order valence-electron chi connectivity index (χ0n) is 10.2. The molecule has 0 radical (unpaired) electrons. The molecule has 0 amide bonds. The summed E-state index contributed by atoms with van der Waals surface area (Å²) in [4.78, 5) is 22.9. The number of hydrogen-bond acceptors (Lipinski definition) is 5. The van der Waals surface area contributed by atoms with Gasteiger partial charge in [0, 0.05) is 18.4 Å². The van der Waals surface area contributed by atoms with E-state index < -0.39 is 18.0 Å². The Bertz CT molecular complexity index is 421. The lowest BCUT2D eigenvalue weighted by molar-refractivity contribution is -0.144. The Morgan fingerprint density at radius 1 is 1.61 bits per heavy atom. The molecule has 2 aliphatic rings. The van der Waals surface area contributed by atoms with Gasteiger partial charge in [-0.1, -0.05) is 0 Å². The third-order valence-electron chi connectivity index (χ3n) is 3.18. The number of carbonyl (C=O) groups is 2. The van der Waals surface area contributed by atoms with Crippen LogP contribution in [0.4, 0.5) is 0 Å². The fourth-order valence-electron chi connectivity index (χ4n) is 2.39. The van der Waals surface area contributed by atoms with E-state index in [9.17, 15) is 14.7 Å². The SMILES string of the molecule is CCOC(=O)C1=C(O)CCC[C@@H]1[C@H]1C=CC(=O)O1. The molecule has 2 rings (SSSR count). The van der Waals surface area contributed by atoms with Crippen molar-refractivity contribution in [3.05, 3.63) is 23.5 Å². The summed E-state index contributed by atoms with van der Waals surface area (Å²) in [6.45, 7) is 1.96. The number of rotatable bonds is 3. The lowest BCUT2D eigenvalue weighted by Gasteiger charge is -2.27. The van der Waals surface area contributed by atoms with Crippen LogP contribution in [0.15, 0.2) is 23.5 Å². The van der Waals surface area contributed by atoms with Gasteiger partial charge >= 0.3 is 11.9 Å². The second kappa shape index (κ2) is 5.25. The molecule has 1 aliphatic heterocycles. The van der Waals surface area contributed by atoms with Gasteiger partial charge in [0.2, 0.25) is 0 Å². The second-order valence-electron chi connectivity index (χ2n) is 4.34. The summed E-state index contributed by atoms with van der Waals surface area (Å²) < 4.78 is 10.1. The molecule has 0 saturated heterocycles. The molecule has 0 saturated carbocycles. The van der Waals surface area contributed by atoms with Gasteiger partial charge < -0.3 is 14.6 Å². The molecule has 0 aromatic heterocycles. The van der Waals surface area contributed by atoms with Gasteiger partial charge in [0.15, 0.2) is 0 Å².